The molecule has 6 nitrogen and oxygen atoms in total. The van der Waals surface area contributed by atoms with E-state index >= 15 is 0 Å². The first-order valence-electron chi connectivity index (χ1n) is 5.12. The molecule has 0 aromatic heterocycles. The lowest BCUT2D eigenvalue weighted by Crippen LogP contribution is -2.15. The molecule has 0 atom stereocenters. The molecule has 0 unspecified atom stereocenters. The van der Waals surface area contributed by atoms with Gasteiger partial charge in [-0.05, 0) is 30.2 Å². The Labute approximate surface area is 99.3 Å². The van der Waals surface area contributed by atoms with Gasteiger partial charge in [-0.3, -0.25) is 15.2 Å². The van der Waals surface area contributed by atoms with Gasteiger partial charge in [0, 0.05) is 19.7 Å². The molecule has 0 fully saturated rings. The van der Waals surface area contributed by atoms with Crippen LogP contribution < -0.4 is 10.5 Å². The highest BCUT2D eigenvalue weighted by Crippen LogP contribution is 2.23. The van der Waals surface area contributed by atoms with Crippen molar-refractivity contribution < 1.29 is 19.9 Å². The van der Waals surface area contributed by atoms with Crippen LogP contribution in [-0.2, 0) is 16.0 Å². The van der Waals surface area contributed by atoms with Crippen LogP contribution in [0.3, 0.4) is 0 Å². The molecular weight excluding hydrogens is 224 g/mol. The summed E-state index contributed by atoms with van der Waals surface area (Å²) in [7, 11) is 1.56. The predicted octanol–water partition coefficient (Wildman–Crippen LogP) is 1.42. The van der Waals surface area contributed by atoms with E-state index in [2.05, 4.69) is 5.32 Å². The standard InChI is InChI=1S/C11H16N2O4/c1-8(14)12-10-3-4-11(13(15)16)9(7-10)5-6-17-2/h3-4,7,15-16H,5-6H2,1-2H3,(H,12,14). The summed E-state index contributed by atoms with van der Waals surface area (Å²) in [5.74, 6) is -0.180. The summed E-state index contributed by atoms with van der Waals surface area (Å²) < 4.78 is 4.93. The number of methoxy groups -OCH3 is 1. The Balaban J connectivity index is 2.96. The molecule has 3 N–H and O–H groups in total. The average molecular weight is 240 g/mol. The van der Waals surface area contributed by atoms with Crippen molar-refractivity contribution in [3.63, 3.8) is 0 Å². The quantitative estimate of drug-likeness (QED) is 0.678. The summed E-state index contributed by atoms with van der Waals surface area (Å²) in [5, 5.41) is 20.8. The minimum Gasteiger partial charge on any atom is -0.384 e. The minimum absolute atomic E-state index is 0.0581. The van der Waals surface area contributed by atoms with Gasteiger partial charge in [-0.1, -0.05) is 0 Å². The van der Waals surface area contributed by atoms with Gasteiger partial charge in [0.1, 0.15) is 0 Å². The lowest BCUT2D eigenvalue weighted by Gasteiger charge is -2.15. The summed E-state index contributed by atoms with van der Waals surface area (Å²) in [6.07, 6.45) is 0.511. The van der Waals surface area contributed by atoms with Crippen molar-refractivity contribution >= 4 is 17.3 Å². The van der Waals surface area contributed by atoms with Crippen LogP contribution in [0.4, 0.5) is 11.4 Å². The van der Waals surface area contributed by atoms with Crippen LogP contribution in [0, 0.1) is 0 Å². The highest BCUT2D eigenvalue weighted by molar-refractivity contribution is 5.89. The number of nitrogens with one attached hydrogen (secondary N) is 1. The molecule has 94 valence electrons. The molecule has 0 saturated heterocycles. The van der Waals surface area contributed by atoms with Gasteiger partial charge in [0.05, 0.1) is 12.3 Å². The van der Waals surface area contributed by atoms with Gasteiger partial charge in [-0.15, -0.1) is 5.23 Å². The predicted molar refractivity (Wildman–Crippen MR) is 62.4 cm³/mol. The van der Waals surface area contributed by atoms with Crippen LogP contribution in [0.15, 0.2) is 18.2 Å². The number of carbonyl (C=O) groups excluding carboxylic acids is 1. The highest BCUT2D eigenvalue weighted by Gasteiger charge is 2.09. The molecule has 1 amide bonds. The van der Waals surface area contributed by atoms with E-state index < -0.39 is 0 Å². The molecule has 0 bridgehead atoms. The average Bonchev–Trinajstić information content (AvgIpc) is 2.25. The van der Waals surface area contributed by atoms with E-state index in [9.17, 15) is 4.79 Å². The summed E-state index contributed by atoms with van der Waals surface area (Å²) in [4.78, 5) is 10.9. The fraction of sp³-hybridized carbons (Fsp3) is 0.364. The maximum absolute atomic E-state index is 10.9. The number of hydrogen-bond donors (Lipinski definition) is 3. The Kier molecular flexibility index (Phi) is 4.89. The molecule has 1 rings (SSSR count). The van der Waals surface area contributed by atoms with E-state index in [0.29, 0.717) is 24.3 Å². The number of nitrogens with zero attached hydrogens (tertiary/aromatic N) is 1. The molecule has 6 heteroatoms. The van der Waals surface area contributed by atoms with Crippen LogP contribution in [0.1, 0.15) is 12.5 Å². The molecule has 0 aliphatic rings. The second-order valence-electron chi connectivity index (χ2n) is 3.56. The van der Waals surface area contributed by atoms with Crippen molar-refractivity contribution in [1.29, 1.82) is 0 Å². The van der Waals surface area contributed by atoms with E-state index in [0.717, 1.165) is 0 Å². The highest BCUT2D eigenvalue weighted by atomic mass is 16.8. The van der Waals surface area contributed by atoms with Gasteiger partial charge in [0.25, 0.3) is 0 Å². The van der Waals surface area contributed by atoms with Crippen molar-refractivity contribution in [3.8, 4) is 0 Å². The van der Waals surface area contributed by atoms with E-state index in [1.54, 1.807) is 19.2 Å². The number of amides is 1. The zero-order valence-electron chi connectivity index (χ0n) is 9.80. The number of anilines is 2. The van der Waals surface area contributed by atoms with Gasteiger partial charge in [0.2, 0.25) is 5.91 Å². The molecule has 0 aliphatic heterocycles. The lowest BCUT2D eigenvalue weighted by atomic mass is 10.1. The topological polar surface area (TPSA) is 82.0 Å². The summed E-state index contributed by atoms with van der Waals surface area (Å²) in [5.41, 5.74) is 1.54. The SMILES string of the molecule is COCCc1cc(NC(C)=O)ccc1N(O)O. The number of carbonyl (C=O) groups is 1. The maximum atomic E-state index is 10.9. The molecule has 0 aliphatic carbocycles. The zero-order valence-corrected chi connectivity index (χ0v) is 9.80. The molecule has 1 aromatic carbocycles. The maximum Gasteiger partial charge on any atom is 0.221 e. The number of benzene rings is 1. The van der Waals surface area contributed by atoms with E-state index in [1.165, 1.54) is 13.0 Å². The molecule has 1 aromatic rings. The van der Waals surface area contributed by atoms with Gasteiger partial charge in [0.15, 0.2) is 0 Å². The van der Waals surface area contributed by atoms with E-state index in [4.69, 9.17) is 15.2 Å². The number of hydrogen-bond acceptors (Lipinski definition) is 5. The van der Waals surface area contributed by atoms with Gasteiger partial charge in [-0.25, -0.2) is 0 Å². The normalized spacial score (nSPS) is 10.1. The van der Waals surface area contributed by atoms with E-state index in [-0.39, 0.29) is 16.8 Å². The molecule has 0 saturated carbocycles. The number of ether oxygens (including phenoxy) is 1. The van der Waals surface area contributed by atoms with Crippen LogP contribution in [0.5, 0.6) is 0 Å². The molecule has 0 spiro atoms. The fourth-order valence-corrected chi connectivity index (χ4v) is 1.47. The number of rotatable bonds is 5. The third-order valence-electron chi connectivity index (χ3n) is 2.19. The van der Waals surface area contributed by atoms with Crippen molar-refractivity contribution in [3.05, 3.63) is 23.8 Å². The Morgan fingerprint density at radius 1 is 1.47 bits per heavy atom. The Hall–Kier alpha value is -1.63. The first kappa shape index (κ1) is 13.4. The van der Waals surface area contributed by atoms with E-state index in [1.807, 2.05) is 0 Å². The Bertz CT molecular complexity index is 393. The molecule has 0 heterocycles. The summed E-state index contributed by atoms with van der Waals surface area (Å²) >= 11 is 0. The molecule has 17 heavy (non-hydrogen) atoms. The van der Waals surface area contributed by atoms with Crippen molar-refractivity contribution in [2.24, 2.45) is 0 Å². The summed E-state index contributed by atoms with van der Waals surface area (Å²) in [6.45, 7) is 1.86. The van der Waals surface area contributed by atoms with Crippen molar-refractivity contribution in [2.75, 3.05) is 24.3 Å². The zero-order chi connectivity index (χ0) is 12.8. The lowest BCUT2D eigenvalue weighted by molar-refractivity contribution is -0.114. The Morgan fingerprint density at radius 3 is 2.71 bits per heavy atom. The van der Waals surface area contributed by atoms with Crippen LogP contribution >= 0.6 is 0 Å². The first-order valence-corrected chi connectivity index (χ1v) is 5.12. The van der Waals surface area contributed by atoms with Crippen LogP contribution in [0.25, 0.3) is 0 Å². The monoisotopic (exact) mass is 240 g/mol. The molecular formula is C11H16N2O4. The van der Waals surface area contributed by atoms with Gasteiger partial charge in [-0.2, -0.15) is 0 Å². The summed E-state index contributed by atoms with van der Waals surface area (Å²) in [6, 6.07) is 4.78. The second kappa shape index (κ2) is 6.19. The van der Waals surface area contributed by atoms with Crippen molar-refractivity contribution in [1.82, 2.24) is 0 Å². The second-order valence-corrected chi connectivity index (χ2v) is 3.56. The molecule has 0 radical (unpaired) electrons. The van der Waals surface area contributed by atoms with Crippen molar-refractivity contribution in [2.45, 2.75) is 13.3 Å². The third kappa shape index (κ3) is 4.03. The fourth-order valence-electron chi connectivity index (χ4n) is 1.47. The van der Waals surface area contributed by atoms with Gasteiger partial charge >= 0.3 is 0 Å². The minimum atomic E-state index is -0.180. The smallest absolute Gasteiger partial charge is 0.221 e. The van der Waals surface area contributed by atoms with Crippen LogP contribution in [0.2, 0.25) is 0 Å². The van der Waals surface area contributed by atoms with Crippen LogP contribution in [-0.4, -0.2) is 30.0 Å². The third-order valence-corrected chi connectivity index (χ3v) is 2.19. The Morgan fingerprint density at radius 2 is 2.18 bits per heavy atom. The largest absolute Gasteiger partial charge is 0.384 e. The first-order chi connectivity index (χ1) is 8.04. The van der Waals surface area contributed by atoms with Gasteiger partial charge < -0.3 is 10.1 Å².